The molecule has 0 rings (SSSR count). The van der Waals surface area contributed by atoms with Crippen molar-refractivity contribution in [1.82, 2.24) is 5.32 Å². The third kappa shape index (κ3) is 3.26. The van der Waals surface area contributed by atoms with Gasteiger partial charge in [-0.15, -0.1) is 0 Å². The highest BCUT2D eigenvalue weighted by molar-refractivity contribution is 6.07. The molecule has 0 bridgehead atoms. The van der Waals surface area contributed by atoms with E-state index in [1.807, 2.05) is 0 Å². The zero-order valence-corrected chi connectivity index (χ0v) is 4.57. The van der Waals surface area contributed by atoms with Gasteiger partial charge in [0.25, 0.3) is 0 Å². The molecule has 0 saturated carbocycles. The Morgan fingerprint density at radius 2 is 2.57 bits per heavy atom. The monoisotopic (exact) mass is 123 g/mol. The van der Waals surface area contributed by atoms with E-state index < -0.39 is 0 Å². The SMILES string of the molecule is CN/C=C(/O)OCl. The molecule has 3 nitrogen and oxygen atoms in total. The molecule has 0 fully saturated rings. The van der Waals surface area contributed by atoms with Crippen molar-refractivity contribution in [1.29, 1.82) is 0 Å². The van der Waals surface area contributed by atoms with Gasteiger partial charge in [0, 0.05) is 7.05 Å². The Hall–Kier alpha value is -0.570. The summed E-state index contributed by atoms with van der Waals surface area (Å²) in [6.45, 7) is 0. The van der Waals surface area contributed by atoms with E-state index in [0.29, 0.717) is 0 Å². The molecule has 7 heavy (non-hydrogen) atoms. The van der Waals surface area contributed by atoms with Crippen LogP contribution in [-0.4, -0.2) is 12.2 Å². The summed E-state index contributed by atoms with van der Waals surface area (Å²) in [5, 5.41) is 10.8. The second kappa shape index (κ2) is 3.61. The van der Waals surface area contributed by atoms with Crippen LogP contribution in [0.15, 0.2) is 12.1 Å². The van der Waals surface area contributed by atoms with Crippen LogP contribution < -0.4 is 5.32 Å². The summed E-state index contributed by atoms with van der Waals surface area (Å²) < 4.78 is 3.82. The molecule has 0 aliphatic carbocycles. The zero-order valence-electron chi connectivity index (χ0n) is 3.81. The van der Waals surface area contributed by atoms with Crippen molar-refractivity contribution in [2.45, 2.75) is 0 Å². The number of aliphatic hydroxyl groups is 1. The molecule has 0 saturated heterocycles. The first-order chi connectivity index (χ1) is 3.31. The number of hydrogen-bond acceptors (Lipinski definition) is 3. The van der Waals surface area contributed by atoms with Crippen LogP contribution in [-0.2, 0) is 4.29 Å². The lowest BCUT2D eigenvalue weighted by molar-refractivity contribution is 0.220. The molecule has 0 amide bonds. The highest BCUT2D eigenvalue weighted by atomic mass is 35.5. The first-order valence-electron chi connectivity index (χ1n) is 1.66. The molecule has 0 radical (unpaired) electrons. The van der Waals surface area contributed by atoms with Crippen LogP contribution >= 0.6 is 11.9 Å². The Morgan fingerprint density at radius 3 is 2.71 bits per heavy atom. The highest BCUT2D eigenvalue weighted by Crippen LogP contribution is 1.90. The minimum atomic E-state index is -0.343. The molecule has 0 aromatic carbocycles. The highest BCUT2D eigenvalue weighted by Gasteiger charge is 1.82. The molecular formula is C3H6ClNO2. The molecule has 0 aromatic heterocycles. The van der Waals surface area contributed by atoms with Crippen molar-refractivity contribution in [2.75, 3.05) is 7.05 Å². The molecule has 2 N–H and O–H groups in total. The maximum Gasteiger partial charge on any atom is 0.312 e. The predicted octanol–water partition coefficient (Wildman–Crippen LogP) is 0.733. The smallest absolute Gasteiger partial charge is 0.312 e. The van der Waals surface area contributed by atoms with Crippen molar-refractivity contribution < 1.29 is 9.40 Å². The summed E-state index contributed by atoms with van der Waals surface area (Å²) in [5.74, 6) is -0.343. The minimum absolute atomic E-state index is 0.343. The van der Waals surface area contributed by atoms with E-state index in [9.17, 15) is 0 Å². The lowest BCUT2D eigenvalue weighted by Gasteiger charge is -1.89. The second-order valence-corrected chi connectivity index (χ2v) is 1.00. The molecule has 4 heteroatoms. The van der Waals surface area contributed by atoms with Crippen molar-refractivity contribution >= 4 is 11.9 Å². The normalized spacial score (nSPS) is 10.9. The summed E-state index contributed by atoms with van der Waals surface area (Å²) >= 11 is 4.67. The van der Waals surface area contributed by atoms with E-state index >= 15 is 0 Å². The van der Waals surface area contributed by atoms with Gasteiger partial charge >= 0.3 is 5.95 Å². The van der Waals surface area contributed by atoms with Crippen LogP contribution in [0.5, 0.6) is 0 Å². The summed E-state index contributed by atoms with van der Waals surface area (Å²) in [7, 11) is 1.62. The Labute approximate surface area is 46.7 Å². The minimum Gasteiger partial charge on any atom is -0.479 e. The molecule has 0 unspecified atom stereocenters. The second-order valence-electron chi connectivity index (χ2n) is 0.848. The van der Waals surface area contributed by atoms with Crippen LogP contribution in [0.3, 0.4) is 0 Å². The lowest BCUT2D eigenvalue weighted by Crippen LogP contribution is -1.95. The van der Waals surface area contributed by atoms with Gasteiger partial charge in [0.2, 0.25) is 0 Å². The van der Waals surface area contributed by atoms with Gasteiger partial charge in [0.1, 0.15) is 11.9 Å². The van der Waals surface area contributed by atoms with Crippen molar-refractivity contribution in [3.63, 3.8) is 0 Å². The van der Waals surface area contributed by atoms with E-state index in [0.717, 1.165) is 0 Å². The largest absolute Gasteiger partial charge is 0.479 e. The van der Waals surface area contributed by atoms with E-state index in [-0.39, 0.29) is 5.95 Å². The molecule has 0 heterocycles. The topological polar surface area (TPSA) is 41.5 Å². The lowest BCUT2D eigenvalue weighted by atomic mass is 10.9. The number of rotatable bonds is 2. The Balaban J connectivity index is 3.29. The third-order valence-electron chi connectivity index (χ3n) is 0.347. The molecule has 0 aromatic rings. The van der Waals surface area contributed by atoms with Gasteiger partial charge in [0.05, 0.1) is 6.20 Å². The quantitative estimate of drug-likeness (QED) is 0.532. The van der Waals surface area contributed by atoms with E-state index in [1.54, 1.807) is 7.05 Å². The molecule has 0 atom stereocenters. The van der Waals surface area contributed by atoms with Crippen LogP contribution in [0.2, 0.25) is 0 Å². The van der Waals surface area contributed by atoms with Gasteiger partial charge in [-0.25, -0.2) is 0 Å². The number of nitrogens with one attached hydrogen (secondary N) is 1. The molecule has 42 valence electrons. The molecular weight excluding hydrogens is 117 g/mol. The van der Waals surface area contributed by atoms with Gasteiger partial charge in [-0.1, -0.05) is 0 Å². The summed E-state index contributed by atoms with van der Waals surface area (Å²) in [6, 6.07) is 0. The summed E-state index contributed by atoms with van der Waals surface area (Å²) in [6.07, 6.45) is 1.22. The van der Waals surface area contributed by atoms with Gasteiger partial charge in [-0.2, -0.15) is 0 Å². The molecule has 0 aliphatic heterocycles. The molecule has 0 spiro atoms. The number of hydrogen-bond donors (Lipinski definition) is 2. The van der Waals surface area contributed by atoms with Crippen molar-refractivity contribution in [3.8, 4) is 0 Å². The van der Waals surface area contributed by atoms with Gasteiger partial charge in [-0.05, 0) is 0 Å². The predicted molar refractivity (Wildman–Crippen MR) is 26.7 cm³/mol. The standard InChI is InChI=1S/C3H6ClNO2/c1-5-2-3(6)7-4/h2,5-6H,1H3/b3-2-. The van der Waals surface area contributed by atoms with Gasteiger partial charge in [-0.3, -0.25) is 0 Å². The van der Waals surface area contributed by atoms with E-state index in [2.05, 4.69) is 21.5 Å². The van der Waals surface area contributed by atoms with Crippen molar-refractivity contribution in [3.05, 3.63) is 12.1 Å². The van der Waals surface area contributed by atoms with E-state index in [1.165, 1.54) is 6.20 Å². The van der Waals surface area contributed by atoms with Crippen LogP contribution in [0.25, 0.3) is 0 Å². The first-order valence-corrected chi connectivity index (χ1v) is 1.97. The van der Waals surface area contributed by atoms with E-state index in [4.69, 9.17) is 5.11 Å². The fourth-order valence-electron chi connectivity index (χ4n) is 0.146. The van der Waals surface area contributed by atoms with Crippen molar-refractivity contribution in [2.24, 2.45) is 0 Å². The van der Waals surface area contributed by atoms with Crippen LogP contribution in [0.1, 0.15) is 0 Å². The van der Waals surface area contributed by atoms with Gasteiger partial charge in [0.15, 0.2) is 0 Å². The maximum absolute atomic E-state index is 8.30. The fourth-order valence-corrected chi connectivity index (χ4v) is 0.190. The summed E-state index contributed by atoms with van der Waals surface area (Å²) in [4.78, 5) is 0. The zero-order chi connectivity index (χ0) is 5.70. The Kier molecular flexibility index (Phi) is 3.32. The van der Waals surface area contributed by atoms with Gasteiger partial charge < -0.3 is 14.7 Å². The summed E-state index contributed by atoms with van der Waals surface area (Å²) in [5.41, 5.74) is 0. The Morgan fingerprint density at radius 1 is 2.00 bits per heavy atom. The maximum atomic E-state index is 8.30. The van der Waals surface area contributed by atoms with Crippen LogP contribution in [0.4, 0.5) is 0 Å². The first kappa shape index (κ1) is 6.43. The molecule has 0 aliphatic rings. The fraction of sp³-hybridized carbons (Fsp3) is 0.333. The third-order valence-corrected chi connectivity index (χ3v) is 0.505. The van der Waals surface area contributed by atoms with Crippen LogP contribution in [0, 0.1) is 0 Å². The number of halogens is 1. The number of aliphatic hydroxyl groups excluding tert-OH is 1. The average Bonchev–Trinajstić information content (AvgIpc) is 1.68. The average molecular weight is 124 g/mol. The Bertz CT molecular complexity index is 73.3.